The summed E-state index contributed by atoms with van der Waals surface area (Å²) >= 11 is 0. The van der Waals surface area contributed by atoms with E-state index in [4.69, 9.17) is 4.74 Å². The molecular formula is C22H20F3N3O2. The van der Waals surface area contributed by atoms with Crippen LogP contribution >= 0.6 is 0 Å². The fraction of sp³-hybridized carbons (Fsp3) is 0.273. The smallest absolute Gasteiger partial charge is 0.416 e. The summed E-state index contributed by atoms with van der Waals surface area (Å²) in [6, 6.07) is 12.4. The quantitative estimate of drug-likeness (QED) is 0.699. The van der Waals surface area contributed by atoms with Gasteiger partial charge in [-0.25, -0.2) is 4.98 Å². The van der Waals surface area contributed by atoms with Crippen molar-refractivity contribution >= 4 is 0 Å². The standard InChI is InChI=1S/C22H20F3N3O2/c1-30-19-5-3-2-4-15(19)12-28-11-10-17-18(13-28)26-20(27-21(17)29)14-6-8-16(9-7-14)22(23,24)25/h2-9H,10-13H2,1H3,(H,26,27,29). The van der Waals surface area contributed by atoms with E-state index >= 15 is 0 Å². The third kappa shape index (κ3) is 4.09. The van der Waals surface area contributed by atoms with E-state index in [1.54, 1.807) is 7.11 Å². The Kier molecular flexibility index (Phi) is 5.34. The van der Waals surface area contributed by atoms with Crippen LogP contribution in [0.15, 0.2) is 53.3 Å². The monoisotopic (exact) mass is 415 g/mol. The number of halogens is 3. The lowest BCUT2D eigenvalue weighted by Crippen LogP contribution is -2.35. The number of hydrogen-bond donors (Lipinski definition) is 1. The van der Waals surface area contributed by atoms with Gasteiger partial charge < -0.3 is 9.72 Å². The van der Waals surface area contributed by atoms with Crippen molar-refractivity contribution in [2.75, 3.05) is 13.7 Å². The molecule has 156 valence electrons. The molecular weight excluding hydrogens is 395 g/mol. The average Bonchev–Trinajstić information content (AvgIpc) is 2.73. The number of nitrogens with zero attached hydrogens (tertiary/aromatic N) is 2. The number of methoxy groups -OCH3 is 1. The first-order valence-electron chi connectivity index (χ1n) is 9.49. The van der Waals surface area contributed by atoms with Gasteiger partial charge in [0, 0.05) is 36.3 Å². The summed E-state index contributed by atoms with van der Waals surface area (Å²) in [5.74, 6) is 1.07. The van der Waals surface area contributed by atoms with Crippen LogP contribution < -0.4 is 10.3 Å². The molecule has 0 spiro atoms. The molecule has 8 heteroatoms. The Bertz CT molecular complexity index is 1110. The van der Waals surface area contributed by atoms with Gasteiger partial charge in [0.25, 0.3) is 5.56 Å². The predicted octanol–water partition coefficient (Wildman–Crippen LogP) is 4.02. The van der Waals surface area contributed by atoms with Gasteiger partial charge >= 0.3 is 6.18 Å². The number of fused-ring (bicyclic) bond motifs is 1. The van der Waals surface area contributed by atoms with Crippen molar-refractivity contribution in [1.82, 2.24) is 14.9 Å². The first-order chi connectivity index (χ1) is 14.3. The lowest BCUT2D eigenvalue weighted by atomic mass is 10.0. The molecule has 2 aromatic carbocycles. The van der Waals surface area contributed by atoms with E-state index in [9.17, 15) is 18.0 Å². The molecule has 0 saturated heterocycles. The minimum atomic E-state index is -4.41. The van der Waals surface area contributed by atoms with Gasteiger partial charge in [-0.3, -0.25) is 9.69 Å². The summed E-state index contributed by atoms with van der Waals surface area (Å²) in [5.41, 5.74) is 1.76. The molecule has 2 heterocycles. The van der Waals surface area contributed by atoms with Crippen LogP contribution in [0.1, 0.15) is 22.4 Å². The molecule has 3 aromatic rings. The zero-order valence-electron chi connectivity index (χ0n) is 16.3. The molecule has 5 nitrogen and oxygen atoms in total. The van der Waals surface area contributed by atoms with Gasteiger partial charge in [-0.15, -0.1) is 0 Å². The van der Waals surface area contributed by atoms with E-state index in [0.717, 1.165) is 23.4 Å². The molecule has 0 fully saturated rings. The van der Waals surface area contributed by atoms with Gasteiger partial charge in [-0.2, -0.15) is 13.2 Å². The number of nitrogens with one attached hydrogen (secondary N) is 1. The Balaban J connectivity index is 1.60. The number of aromatic amines is 1. The first-order valence-corrected chi connectivity index (χ1v) is 9.49. The minimum absolute atomic E-state index is 0.244. The summed E-state index contributed by atoms with van der Waals surface area (Å²) in [6.07, 6.45) is -3.85. The normalized spacial score (nSPS) is 14.4. The van der Waals surface area contributed by atoms with Gasteiger partial charge in [0.1, 0.15) is 11.6 Å². The van der Waals surface area contributed by atoms with Crippen molar-refractivity contribution in [2.24, 2.45) is 0 Å². The largest absolute Gasteiger partial charge is 0.496 e. The molecule has 4 rings (SSSR count). The molecule has 0 unspecified atom stereocenters. The second-order valence-corrected chi connectivity index (χ2v) is 7.19. The maximum atomic E-state index is 12.8. The lowest BCUT2D eigenvalue weighted by Gasteiger charge is -2.28. The molecule has 0 amide bonds. The second kappa shape index (κ2) is 7.95. The first kappa shape index (κ1) is 20.2. The molecule has 0 atom stereocenters. The maximum absolute atomic E-state index is 12.8. The van der Waals surface area contributed by atoms with Crippen LogP contribution in [0, 0.1) is 0 Å². The molecule has 0 radical (unpaired) electrons. The number of rotatable bonds is 4. The van der Waals surface area contributed by atoms with Crippen molar-refractivity contribution in [3.63, 3.8) is 0 Å². The van der Waals surface area contributed by atoms with Crippen molar-refractivity contribution in [3.05, 3.63) is 81.3 Å². The molecule has 0 aliphatic carbocycles. The van der Waals surface area contributed by atoms with Crippen LogP contribution in [-0.2, 0) is 25.7 Å². The number of aromatic nitrogens is 2. The molecule has 1 aromatic heterocycles. The zero-order valence-corrected chi connectivity index (χ0v) is 16.3. The third-order valence-corrected chi connectivity index (χ3v) is 5.22. The molecule has 1 N–H and O–H groups in total. The van der Waals surface area contributed by atoms with Gasteiger partial charge in [0.2, 0.25) is 0 Å². The number of H-pyrrole nitrogens is 1. The van der Waals surface area contributed by atoms with Crippen molar-refractivity contribution in [1.29, 1.82) is 0 Å². The predicted molar refractivity (Wildman–Crippen MR) is 106 cm³/mol. The zero-order chi connectivity index (χ0) is 21.3. The highest BCUT2D eigenvalue weighted by Crippen LogP contribution is 2.30. The summed E-state index contributed by atoms with van der Waals surface area (Å²) < 4.78 is 43.8. The highest BCUT2D eigenvalue weighted by atomic mass is 19.4. The average molecular weight is 415 g/mol. The van der Waals surface area contributed by atoms with Crippen LogP contribution in [0.25, 0.3) is 11.4 Å². The Morgan fingerprint density at radius 2 is 1.87 bits per heavy atom. The number of hydrogen-bond acceptors (Lipinski definition) is 4. The molecule has 1 aliphatic rings. The van der Waals surface area contributed by atoms with Crippen LogP contribution in [0.4, 0.5) is 13.2 Å². The summed E-state index contributed by atoms with van der Waals surface area (Å²) in [7, 11) is 1.63. The van der Waals surface area contributed by atoms with Crippen LogP contribution in [0.2, 0.25) is 0 Å². The van der Waals surface area contributed by atoms with Gasteiger partial charge in [-0.1, -0.05) is 30.3 Å². The SMILES string of the molecule is COc1ccccc1CN1CCc2c(nc(-c3ccc(C(F)(F)F)cc3)[nH]c2=O)C1. The van der Waals surface area contributed by atoms with E-state index in [2.05, 4.69) is 14.9 Å². The highest BCUT2D eigenvalue weighted by molar-refractivity contribution is 5.56. The van der Waals surface area contributed by atoms with Gasteiger partial charge in [0.15, 0.2) is 0 Å². The van der Waals surface area contributed by atoms with E-state index < -0.39 is 11.7 Å². The number of alkyl halides is 3. The Labute approximate surface area is 171 Å². The topological polar surface area (TPSA) is 58.2 Å². The van der Waals surface area contributed by atoms with Crippen molar-refractivity contribution in [3.8, 4) is 17.1 Å². The van der Waals surface area contributed by atoms with E-state index in [1.807, 2.05) is 24.3 Å². The van der Waals surface area contributed by atoms with Crippen molar-refractivity contribution in [2.45, 2.75) is 25.7 Å². The number of ether oxygens (including phenoxy) is 1. The Morgan fingerprint density at radius 3 is 2.57 bits per heavy atom. The molecule has 1 aliphatic heterocycles. The third-order valence-electron chi connectivity index (χ3n) is 5.22. The second-order valence-electron chi connectivity index (χ2n) is 7.19. The molecule has 0 saturated carbocycles. The molecule has 0 bridgehead atoms. The van der Waals surface area contributed by atoms with E-state index in [1.165, 1.54) is 12.1 Å². The molecule has 30 heavy (non-hydrogen) atoms. The Morgan fingerprint density at radius 1 is 1.13 bits per heavy atom. The van der Waals surface area contributed by atoms with E-state index in [0.29, 0.717) is 42.9 Å². The van der Waals surface area contributed by atoms with Gasteiger partial charge in [0.05, 0.1) is 18.4 Å². The van der Waals surface area contributed by atoms with Crippen LogP contribution in [0.3, 0.4) is 0 Å². The van der Waals surface area contributed by atoms with Crippen molar-refractivity contribution < 1.29 is 17.9 Å². The van der Waals surface area contributed by atoms with Crippen LogP contribution in [-0.4, -0.2) is 28.5 Å². The van der Waals surface area contributed by atoms with Crippen LogP contribution in [0.5, 0.6) is 5.75 Å². The highest BCUT2D eigenvalue weighted by Gasteiger charge is 2.30. The Hall–Kier alpha value is -3.13. The fourth-order valence-electron chi connectivity index (χ4n) is 3.66. The minimum Gasteiger partial charge on any atom is -0.496 e. The van der Waals surface area contributed by atoms with E-state index in [-0.39, 0.29) is 11.4 Å². The number of benzene rings is 2. The van der Waals surface area contributed by atoms with Gasteiger partial charge in [-0.05, 0) is 24.6 Å². The summed E-state index contributed by atoms with van der Waals surface area (Å²) in [5, 5.41) is 0. The summed E-state index contributed by atoms with van der Waals surface area (Å²) in [6.45, 7) is 1.83. The summed E-state index contributed by atoms with van der Waals surface area (Å²) in [4.78, 5) is 22.0. The maximum Gasteiger partial charge on any atom is 0.416 e. The lowest BCUT2D eigenvalue weighted by molar-refractivity contribution is -0.137. The number of para-hydroxylation sites is 1. The fourth-order valence-corrected chi connectivity index (χ4v) is 3.66.